The van der Waals surface area contributed by atoms with E-state index in [1.807, 2.05) is 21.1 Å². The predicted octanol–water partition coefficient (Wildman–Crippen LogP) is 12.2. The second-order valence-electron chi connectivity index (χ2n) is 17.5. The highest BCUT2D eigenvalue weighted by Gasteiger charge is 2.36. The standard InChI is InChI=1S/C49H88NO9P/c1-6-8-10-11-12-13-14-15-16-17-18-19-20-21-22-23-24-28-31-35-39-48(51)55-43-45(44-57-60(53,54)56-42-41-50(3,4)5)58-49(52)40-36-32-29-26-25-27-30-34-38-47-46(59-47)37-33-9-7-2/h13-14,16-17,19-20,30,34,45-47H,6-12,15,18,21-29,31-33,35-44H2,1-5H3/b14-13-,17-16-,20-19-,34-30-/t45-,46?,47?/m1/s1. The number of unbranched alkanes of at least 4 members (excludes halogenated alkanes) is 17. The van der Waals surface area contributed by atoms with Crippen LogP contribution in [0.5, 0.6) is 0 Å². The first-order chi connectivity index (χ1) is 29.0. The van der Waals surface area contributed by atoms with Gasteiger partial charge in [0.05, 0.1) is 40.0 Å². The van der Waals surface area contributed by atoms with Gasteiger partial charge in [0.2, 0.25) is 0 Å². The van der Waals surface area contributed by atoms with Crippen LogP contribution in [0.2, 0.25) is 0 Å². The zero-order valence-corrected chi connectivity index (χ0v) is 39.7. The van der Waals surface area contributed by atoms with Gasteiger partial charge >= 0.3 is 11.9 Å². The van der Waals surface area contributed by atoms with Gasteiger partial charge in [0.1, 0.15) is 19.8 Å². The maximum absolute atomic E-state index is 12.7. The summed E-state index contributed by atoms with van der Waals surface area (Å²) in [5.41, 5.74) is 0. The van der Waals surface area contributed by atoms with Crippen LogP contribution in [0.3, 0.4) is 0 Å². The number of hydrogen-bond donors (Lipinski definition) is 0. The van der Waals surface area contributed by atoms with Crippen molar-refractivity contribution in [2.45, 2.75) is 206 Å². The average Bonchev–Trinajstić information content (AvgIpc) is 3.96. The van der Waals surface area contributed by atoms with Crippen LogP contribution in [0.25, 0.3) is 0 Å². The Morgan fingerprint density at radius 2 is 1.12 bits per heavy atom. The van der Waals surface area contributed by atoms with E-state index in [0.29, 0.717) is 36.1 Å². The van der Waals surface area contributed by atoms with Crippen molar-refractivity contribution in [3.8, 4) is 0 Å². The van der Waals surface area contributed by atoms with Crippen molar-refractivity contribution in [2.75, 3.05) is 47.5 Å². The molecule has 0 aromatic heterocycles. The van der Waals surface area contributed by atoms with Crippen molar-refractivity contribution in [1.29, 1.82) is 0 Å². The minimum atomic E-state index is -4.64. The van der Waals surface area contributed by atoms with Gasteiger partial charge in [-0.15, -0.1) is 0 Å². The molecule has 11 heteroatoms. The van der Waals surface area contributed by atoms with E-state index >= 15 is 0 Å². The maximum Gasteiger partial charge on any atom is 0.306 e. The third-order valence-electron chi connectivity index (χ3n) is 10.5. The van der Waals surface area contributed by atoms with Gasteiger partial charge in [-0.3, -0.25) is 14.2 Å². The molecule has 0 N–H and O–H groups in total. The van der Waals surface area contributed by atoms with Crippen molar-refractivity contribution in [3.63, 3.8) is 0 Å². The van der Waals surface area contributed by atoms with Gasteiger partial charge in [-0.05, 0) is 77.0 Å². The van der Waals surface area contributed by atoms with E-state index in [4.69, 9.17) is 23.3 Å². The number of ether oxygens (including phenoxy) is 3. The summed E-state index contributed by atoms with van der Waals surface area (Å²) in [4.78, 5) is 37.6. The maximum atomic E-state index is 12.7. The number of nitrogens with zero attached hydrogens (tertiary/aromatic N) is 1. The van der Waals surface area contributed by atoms with Crippen molar-refractivity contribution < 1.29 is 46.8 Å². The lowest BCUT2D eigenvalue weighted by Crippen LogP contribution is -2.37. The number of epoxide rings is 1. The Bertz CT molecular complexity index is 1230. The molecule has 1 heterocycles. The first-order valence-corrected chi connectivity index (χ1v) is 25.4. The number of quaternary nitrogens is 1. The number of rotatable bonds is 42. The zero-order chi connectivity index (χ0) is 44.0. The van der Waals surface area contributed by atoms with Gasteiger partial charge in [-0.1, -0.05) is 146 Å². The molecule has 0 aromatic rings. The van der Waals surface area contributed by atoms with Crippen LogP contribution >= 0.6 is 7.82 Å². The van der Waals surface area contributed by atoms with Crippen LogP contribution < -0.4 is 4.89 Å². The second-order valence-corrected chi connectivity index (χ2v) is 18.9. The molecular formula is C49H88NO9P. The van der Waals surface area contributed by atoms with Crippen molar-refractivity contribution in [1.82, 2.24) is 0 Å². The van der Waals surface area contributed by atoms with Crippen LogP contribution in [-0.2, 0) is 37.4 Å². The van der Waals surface area contributed by atoms with Crippen LogP contribution in [0.15, 0.2) is 48.6 Å². The van der Waals surface area contributed by atoms with Crippen LogP contribution in [-0.4, -0.2) is 82.2 Å². The molecule has 0 bridgehead atoms. The molecule has 3 unspecified atom stereocenters. The molecule has 0 saturated carbocycles. The first kappa shape index (κ1) is 55.9. The van der Waals surface area contributed by atoms with E-state index in [2.05, 4.69) is 62.5 Å². The topological polar surface area (TPSA) is 124 Å². The fraction of sp³-hybridized carbons (Fsp3) is 0.796. The second kappa shape index (κ2) is 37.5. The van der Waals surface area contributed by atoms with Crippen LogP contribution in [0, 0.1) is 0 Å². The molecule has 0 aliphatic carbocycles. The number of hydrogen-bond acceptors (Lipinski definition) is 9. The molecule has 10 nitrogen and oxygen atoms in total. The van der Waals surface area contributed by atoms with Crippen molar-refractivity contribution >= 4 is 19.8 Å². The summed E-state index contributed by atoms with van der Waals surface area (Å²) in [6.07, 6.45) is 45.9. The summed E-state index contributed by atoms with van der Waals surface area (Å²) in [7, 11) is 1.14. The van der Waals surface area contributed by atoms with Crippen molar-refractivity contribution in [3.05, 3.63) is 48.6 Å². The van der Waals surface area contributed by atoms with Gasteiger partial charge in [0.15, 0.2) is 6.10 Å². The number of carbonyl (C=O) groups excluding carboxylic acids is 2. The van der Waals surface area contributed by atoms with Crippen LogP contribution in [0.4, 0.5) is 0 Å². The SMILES string of the molecule is CCCCCC/C=C\C/C=C\C/C=C\CCCCCCCCC(=O)OC[C@H](COP(=O)([O-])OCC[N+](C)(C)C)OC(=O)CCCCCCC/C=C\CC1OC1CCCCC. The van der Waals surface area contributed by atoms with Crippen LogP contribution in [0.1, 0.15) is 187 Å². The molecule has 348 valence electrons. The summed E-state index contributed by atoms with van der Waals surface area (Å²) in [5.74, 6) is -0.871. The summed E-state index contributed by atoms with van der Waals surface area (Å²) in [6, 6.07) is 0. The van der Waals surface area contributed by atoms with E-state index in [0.717, 1.165) is 89.9 Å². The highest BCUT2D eigenvalue weighted by Crippen LogP contribution is 2.38. The Kier molecular flexibility index (Phi) is 34.9. The highest BCUT2D eigenvalue weighted by molar-refractivity contribution is 7.45. The fourth-order valence-corrected chi connectivity index (χ4v) is 7.34. The molecule has 0 radical (unpaired) electrons. The fourth-order valence-electron chi connectivity index (χ4n) is 6.61. The molecule has 0 aromatic carbocycles. The Hall–Kier alpha value is -2.07. The highest BCUT2D eigenvalue weighted by atomic mass is 31.2. The lowest BCUT2D eigenvalue weighted by atomic mass is 10.1. The molecule has 0 spiro atoms. The minimum Gasteiger partial charge on any atom is -0.756 e. The van der Waals surface area contributed by atoms with Gasteiger partial charge in [0.25, 0.3) is 7.82 Å². The summed E-state index contributed by atoms with van der Waals surface area (Å²) in [5, 5.41) is 0. The van der Waals surface area contributed by atoms with E-state index in [-0.39, 0.29) is 26.1 Å². The van der Waals surface area contributed by atoms with E-state index in [1.54, 1.807) is 0 Å². The number of carbonyl (C=O) groups is 2. The van der Waals surface area contributed by atoms with Crippen molar-refractivity contribution in [2.24, 2.45) is 0 Å². The van der Waals surface area contributed by atoms with Gasteiger partial charge in [-0.25, -0.2) is 0 Å². The third-order valence-corrected chi connectivity index (χ3v) is 11.5. The molecule has 0 amide bonds. The number of phosphoric acid groups is 1. The number of phosphoric ester groups is 1. The van der Waals surface area contributed by atoms with E-state index in [9.17, 15) is 19.0 Å². The lowest BCUT2D eigenvalue weighted by Gasteiger charge is -2.28. The number of allylic oxidation sites excluding steroid dienone is 7. The minimum absolute atomic E-state index is 0.0400. The molecule has 1 rings (SSSR count). The molecule has 1 aliphatic rings. The molecule has 4 atom stereocenters. The number of likely N-dealkylation sites (N-methyl/N-ethyl adjacent to an activating group) is 1. The molecular weight excluding hydrogens is 778 g/mol. The number of esters is 2. The Balaban J connectivity index is 2.26. The normalized spacial score (nSPS) is 17.3. The van der Waals surface area contributed by atoms with Gasteiger partial charge in [-0.2, -0.15) is 0 Å². The molecule has 60 heavy (non-hydrogen) atoms. The smallest absolute Gasteiger partial charge is 0.306 e. The molecule has 1 aliphatic heterocycles. The van der Waals surface area contributed by atoms with Gasteiger partial charge < -0.3 is 32.6 Å². The molecule has 1 fully saturated rings. The average molecular weight is 866 g/mol. The summed E-state index contributed by atoms with van der Waals surface area (Å²) in [6.45, 7) is 4.14. The monoisotopic (exact) mass is 866 g/mol. The lowest BCUT2D eigenvalue weighted by molar-refractivity contribution is -0.870. The van der Waals surface area contributed by atoms with E-state index < -0.39 is 32.5 Å². The Morgan fingerprint density at radius 3 is 1.70 bits per heavy atom. The Morgan fingerprint density at radius 1 is 0.617 bits per heavy atom. The van der Waals surface area contributed by atoms with Gasteiger partial charge in [0, 0.05) is 12.8 Å². The first-order valence-electron chi connectivity index (χ1n) is 24.0. The predicted molar refractivity (Wildman–Crippen MR) is 244 cm³/mol. The molecule has 1 saturated heterocycles. The van der Waals surface area contributed by atoms with E-state index in [1.165, 1.54) is 57.8 Å². The summed E-state index contributed by atoms with van der Waals surface area (Å²) < 4.78 is 39.7. The summed E-state index contributed by atoms with van der Waals surface area (Å²) >= 11 is 0. The quantitative estimate of drug-likeness (QED) is 0.0147. The Labute approximate surface area is 367 Å². The largest absolute Gasteiger partial charge is 0.756 e. The zero-order valence-electron chi connectivity index (χ0n) is 38.8. The third kappa shape index (κ3) is 37.7.